The molecule has 0 aliphatic carbocycles. The molecule has 5 atom stereocenters. The zero-order valence-electron chi connectivity index (χ0n) is 27.0. The van der Waals surface area contributed by atoms with Gasteiger partial charge in [-0.05, 0) is 44.4 Å². The molecule has 250 valence electrons. The number of fused-ring (bicyclic) bond motifs is 1. The van der Waals surface area contributed by atoms with E-state index in [1.807, 2.05) is 6.07 Å². The van der Waals surface area contributed by atoms with Crippen molar-refractivity contribution < 1.29 is 42.9 Å². The molecule has 1 amide bonds. The van der Waals surface area contributed by atoms with E-state index in [1.165, 1.54) is 16.9 Å². The number of benzene rings is 1. The van der Waals surface area contributed by atoms with E-state index in [1.54, 1.807) is 65.0 Å². The van der Waals surface area contributed by atoms with Crippen LogP contribution >= 0.6 is 0 Å². The third-order valence-corrected chi connectivity index (χ3v) is 7.17. The molecule has 0 unspecified atom stereocenters. The Hall–Kier alpha value is -5.23. The van der Waals surface area contributed by atoms with Crippen molar-refractivity contribution in [1.29, 1.82) is 5.26 Å². The first-order valence-corrected chi connectivity index (χ1v) is 14.9. The molecule has 1 aliphatic rings. The average molecular weight is 651 g/mol. The van der Waals surface area contributed by atoms with E-state index in [4.69, 9.17) is 29.4 Å². The number of ether oxygens (including phenoxy) is 5. The maximum absolute atomic E-state index is 13.7. The van der Waals surface area contributed by atoms with Gasteiger partial charge in [0.2, 0.25) is 5.60 Å². The van der Waals surface area contributed by atoms with E-state index in [9.17, 15) is 24.4 Å². The van der Waals surface area contributed by atoms with Gasteiger partial charge in [-0.25, -0.2) is 19.1 Å². The Balaban J connectivity index is 1.72. The SMILES string of the molecule is CC(=O)O[C@@H]1[C@H](OC(=O)[C@@H](NC(=O)OC(C)(C)C)C(C)C)[C@@H](COC(=O)Cc2ccccc2)O[C@@]1(C#N)c1ccc2c(N)ncnn12. The number of aromatic nitrogens is 3. The monoisotopic (exact) mass is 650 g/mol. The van der Waals surface area contributed by atoms with Gasteiger partial charge in [-0.3, -0.25) is 9.59 Å². The van der Waals surface area contributed by atoms with Crippen molar-refractivity contribution in [3.8, 4) is 6.07 Å². The lowest BCUT2D eigenvalue weighted by Gasteiger charge is -2.30. The van der Waals surface area contributed by atoms with Gasteiger partial charge in [0.25, 0.3) is 0 Å². The molecule has 0 spiro atoms. The number of alkyl carbamates (subject to hydrolysis) is 1. The topological polar surface area (TPSA) is 206 Å². The van der Waals surface area contributed by atoms with Crippen molar-refractivity contribution in [3.05, 3.63) is 60.0 Å². The maximum atomic E-state index is 13.7. The van der Waals surface area contributed by atoms with Crippen molar-refractivity contribution >= 4 is 35.3 Å². The third kappa shape index (κ3) is 7.95. The highest BCUT2D eigenvalue weighted by Crippen LogP contribution is 2.44. The second-order valence-corrected chi connectivity index (χ2v) is 12.3. The number of nitrogen functional groups attached to an aromatic ring is 1. The summed E-state index contributed by atoms with van der Waals surface area (Å²) in [5.74, 6) is -2.75. The van der Waals surface area contributed by atoms with Crippen LogP contribution in [-0.2, 0) is 50.1 Å². The number of carbonyl (C=O) groups excluding carboxylic acids is 4. The smallest absolute Gasteiger partial charge is 0.408 e. The van der Waals surface area contributed by atoms with Gasteiger partial charge in [-0.1, -0.05) is 44.2 Å². The van der Waals surface area contributed by atoms with Crippen LogP contribution in [-0.4, -0.2) is 75.2 Å². The van der Waals surface area contributed by atoms with Crippen molar-refractivity contribution in [2.24, 2.45) is 5.92 Å². The highest BCUT2D eigenvalue weighted by Gasteiger charge is 2.63. The summed E-state index contributed by atoms with van der Waals surface area (Å²) in [6.07, 6.45) is -4.16. The Kier molecular flexibility index (Phi) is 10.3. The predicted molar refractivity (Wildman–Crippen MR) is 164 cm³/mol. The van der Waals surface area contributed by atoms with Crippen LogP contribution < -0.4 is 11.1 Å². The standard InChI is InChI=1S/C32H38N6O9/c1-18(2)25(37-30(42)47-31(4,5)6)29(41)45-26-22(15-43-24(40)14-20-10-8-7-9-11-20)46-32(16-33,27(26)44-19(3)39)23-13-12-21-28(34)35-17-36-38(21)23/h7-13,17-18,22,25-27H,14-15H2,1-6H3,(H,37,42)(H2,34,35,36)/t22-,25+,26-,27-,32+/m1/s1. The molecule has 0 saturated carbocycles. The fourth-order valence-corrected chi connectivity index (χ4v) is 5.11. The Morgan fingerprint density at radius 1 is 1.13 bits per heavy atom. The van der Waals surface area contributed by atoms with Crippen LogP contribution in [0.3, 0.4) is 0 Å². The fraction of sp³-hybridized carbons (Fsp3) is 0.469. The Labute approximate surface area is 271 Å². The molecule has 3 N–H and O–H groups in total. The van der Waals surface area contributed by atoms with Crippen LogP contribution in [0.2, 0.25) is 0 Å². The van der Waals surface area contributed by atoms with E-state index in [-0.39, 0.29) is 17.9 Å². The van der Waals surface area contributed by atoms with Gasteiger partial charge in [0.15, 0.2) is 18.0 Å². The zero-order chi connectivity index (χ0) is 34.5. The molecule has 3 aromatic rings. The van der Waals surface area contributed by atoms with Crippen molar-refractivity contribution in [2.45, 2.75) is 83.5 Å². The number of nitrogens with two attached hydrogens (primary N) is 1. The lowest BCUT2D eigenvalue weighted by molar-refractivity contribution is -0.170. The molecular formula is C32H38N6O9. The molecule has 0 radical (unpaired) electrons. The molecule has 15 nitrogen and oxygen atoms in total. The quantitative estimate of drug-likeness (QED) is 0.239. The number of anilines is 1. The molecule has 1 aromatic carbocycles. The molecule has 15 heteroatoms. The molecule has 3 heterocycles. The Morgan fingerprint density at radius 2 is 1.83 bits per heavy atom. The second-order valence-electron chi connectivity index (χ2n) is 12.3. The van der Waals surface area contributed by atoms with Crippen molar-refractivity contribution in [1.82, 2.24) is 19.9 Å². The summed E-state index contributed by atoms with van der Waals surface area (Å²) < 4.78 is 30.0. The average Bonchev–Trinajstić information content (AvgIpc) is 3.55. The van der Waals surface area contributed by atoms with Gasteiger partial charge in [0.1, 0.15) is 42.3 Å². The van der Waals surface area contributed by atoms with Gasteiger partial charge in [-0.15, -0.1) is 0 Å². The Morgan fingerprint density at radius 3 is 2.45 bits per heavy atom. The summed E-state index contributed by atoms with van der Waals surface area (Å²) in [5, 5.41) is 17.4. The number of nitrogens with zero attached hydrogens (tertiary/aromatic N) is 4. The van der Waals surface area contributed by atoms with E-state index in [2.05, 4.69) is 21.5 Å². The third-order valence-electron chi connectivity index (χ3n) is 7.17. The van der Waals surface area contributed by atoms with E-state index in [0.717, 1.165) is 6.92 Å². The minimum Gasteiger partial charge on any atom is -0.463 e. The minimum absolute atomic E-state index is 0.0659. The van der Waals surface area contributed by atoms with Crippen LogP contribution in [0.25, 0.3) is 5.52 Å². The summed E-state index contributed by atoms with van der Waals surface area (Å²) in [7, 11) is 0. The number of nitrogens with one attached hydrogen (secondary N) is 1. The molecule has 1 aliphatic heterocycles. The molecular weight excluding hydrogens is 612 g/mol. The van der Waals surface area contributed by atoms with Crippen molar-refractivity contribution in [2.75, 3.05) is 12.3 Å². The molecule has 1 fully saturated rings. The normalized spacial score (nSPS) is 21.4. The number of amides is 1. The van der Waals surface area contributed by atoms with Crippen LogP contribution in [0.1, 0.15) is 52.8 Å². The van der Waals surface area contributed by atoms with E-state index in [0.29, 0.717) is 11.1 Å². The maximum Gasteiger partial charge on any atom is 0.408 e. The van der Waals surface area contributed by atoms with Gasteiger partial charge >= 0.3 is 24.0 Å². The first-order valence-electron chi connectivity index (χ1n) is 14.9. The molecule has 0 bridgehead atoms. The molecule has 4 rings (SSSR count). The highest BCUT2D eigenvalue weighted by molar-refractivity contribution is 5.82. The molecule has 1 saturated heterocycles. The molecule has 47 heavy (non-hydrogen) atoms. The summed E-state index contributed by atoms with van der Waals surface area (Å²) in [6.45, 7) is 8.99. The summed E-state index contributed by atoms with van der Waals surface area (Å²) in [5.41, 5.74) is 4.15. The second kappa shape index (κ2) is 14.0. The number of esters is 3. The van der Waals surface area contributed by atoms with Gasteiger partial charge in [0.05, 0.1) is 12.1 Å². The van der Waals surface area contributed by atoms with Gasteiger partial charge in [-0.2, -0.15) is 10.4 Å². The summed E-state index contributed by atoms with van der Waals surface area (Å²) in [6, 6.07) is 12.8. The van der Waals surface area contributed by atoms with Crippen LogP contribution in [0.5, 0.6) is 0 Å². The van der Waals surface area contributed by atoms with Crippen LogP contribution in [0, 0.1) is 17.2 Å². The van der Waals surface area contributed by atoms with Crippen LogP contribution in [0.15, 0.2) is 48.8 Å². The highest BCUT2D eigenvalue weighted by atomic mass is 16.7. The van der Waals surface area contributed by atoms with E-state index >= 15 is 0 Å². The van der Waals surface area contributed by atoms with E-state index < -0.39 is 72.1 Å². The van der Waals surface area contributed by atoms with Crippen molar-refractivity contribution in [3.63, 3.8) is 0 Å². The number of rotatable bonds is 10. The van der Waals surface area contributed by atoms with Gasteiger partial charge < -0.3 is 34.7 Å². The summed E-state index contributed by atoms with van der Waals surface area (Å²) >= 11 is 0. The largest absolute Gasteiger partial charge is 0.463 e. The minimum atomic E-state index is -2.13. The Bertz CT molecular complexity index is 1660. The number of carbonyl (C=O) groups is 4. The van der Waals surface area contributed by atoms with Crippen LogP contribution in [0.4, 0.5) is 10.6 Å². The first kappa shape index (κ1) is 34.6. The number of nitriles is 1. The fourth-order valence-electron chi connectivity index (χ4n) is 5.11. The molecule has 2 aromatic heterocycles. The number of hydrogen-bond donors (Lipinski definition) is 2. The van der Waals surface area contributed by atoms with Gasteiger partial charge in [0, 0.05) is 6.92 Å². The summed E-state index contributed by atoms with van der Waals surface area (Å²) in [4.78, 5) is 55.6. The lowest BCUT2D eigenvalue weighted by atomic mass is 9.92. The zero-order valence-corrected chi connectivity index (χ0v) is 27.0. The lowest BCUT2D eigenvalue weighted by Crippen LogP contribution is -2.51. The first-order chi connectivity index (χ1) is 22.1. The predicted octanol–water partition coefficient (Wildman–Crippen LogP) is 2.61. The number of hydrogen-bond acceptors (Lipinski definition) is 13.